The summed E-state index contributed by atoms with van der Waals surface area (Å²) in [4.78, 5) is 0. The van der Waals surface area contributed by atoms with E-state index in [0.29, 0.717) is 0 Å². The van der Waals surface area contributed by atoms with E-state index >= 15 is 0 Å². The van der Waals surface area contributed by atoms with Crippen molar-refractivity contribution in [2.24, 2.45) is 5.14 Å². The third kappa shape index (κ3) is 3.92. The zero-order valence-electron chi connectivity index (χ0n) is 6.23. The molecule has 0 spiro atoms. The molecule has 0 heterocycles. The highest BCUT2D eigenvalue weighted by atomic mass is 32.2. The molecule has 0 aliphatic carbocycles. The topological polar surface area (TPSA) is 63.4 Å². The van der Waals surface area contributed by atoms with Gasteiger partial charge in [-0.1, -0.05) is 12.2 Å². The van der Waals surface area contributed by atoms with Crippen molar-refractivity contribution in [3.8, 4) is 0 Å². The molecule has 0 amide bonds. The Morgan fingerprint density at radius 1 is 1.27 bits per heavy atom. The molecular weight excluding hydrogens is 164 g/mol. The lowest BCUT2D eigenvalue weighted by molar-refractivity contribution is 0.475. The van der Waals surface area contributed by atoms with Crippen molar-refractivity contribution in [1.29, 1.82) is 0 Å². The van der Waals surface area contributed by atoms with Crippen LogP contribution in [0.15, 0.2) is 25.3 Å². The molecule has 0 bridgehead atoms. The highest BCUT2D eigenvalue weighted by Gasteiger charge is 2.12. The van der Waals surface area contributed by atoms with Crippen LogP contribution < -0.4 is 5.14 Å². The number of nitrogens with zero attached hydrogens (tertiary/aromatic N) is 1. The van der Waals surface area contributed by atoms with E-state index in [1.54, 1.807) is 0 Å². The molecule has 5 heteroatoms. The van der Waals surface area contributed by atoms with Crippen molar-refractivity contribution in [2.45, 2.75) is 0 Å². The fourth-order valence-electron chi connectivity index (χ4n) is 0.570. The number of nitrogens with two attached hydrogens (primary N) is 1. The lowest BCUT2D eigenvalue weighted by Gasteiger charge is -2.14. The van der Waals surface area contributed by atoms with E-state index in [1.165, 1.54) is 12.2 Å². The number of hydrogen-bond donors (Lipinski definition) is 1. The average Bonchev–Trinajstić information content (AvgIpc) is 1.85. The monoisotopic (exact) mass is 176 g/mol. The molecule has 0 saturated heterocycles. The van der Waals surface area contributed by atoms with Crippen molar-refractivity contribution in [3.05, 3.63) is 25.3 Å². The third-order valence-corrected chi connectivity index (χ3v) is 2.04. The summed E-state index contributed by atoms with van der Waals surface area (Å²) in [5.41, 5.74) is 0. The van der Waals surface area contributed by atoms with Crippen molar-refractivity contribution in [3.63, 3.8) is 0 Å². The molecule has 0 aromatic carbocycles. The van der Waals surface area contributed by atoms with Crippen LogP contribution in [0.4, 0.5) is 0 Å². The van der Waals surface area contributed by atoms with Crippen molar-refractivity contribution < 1.29 is 8.42 Å². The van der Waals surface area contributed by atoms with E-state index in [2.05, 4.69) is 13.2 Å². The van der Waals surface area contributed by atoms with Gasteiger partial charge in [0.2, 0.25) is 0 Å². The molecule has 0 aromatic heterocycles. The zero-order chi connectivity index (χ0) is 8.91. The van der Waals surface area contributed by atoms with Gasteiger partial charge in [0.05, 0.1) is 0 Å². The molecule has 0 unspecified atom stereocenters. The lowest BCUT2D eigenvalue weighted by Crippen LogP contribution is -2.36. The SMILES string of the molecule is C=CCN(CC=C)S(N)(=O)=O. The Morgan fingerprint density at radius 2 is 1.64 bits per heavy atom. The molecule has 0 atom stereocenters. The minimum Gasteiger partial charge on any atom is -0.216 e. The summed E-state index contributed by atoms with van der Waals surface area (Å²) in [5, 5.41) is 4.85. The molecule has 64 valence electrons. The first kappa shape index (κ1) is 10.3. The molecule has 0 radical (unpaired) electrons. The first-order valence-corrected chi connectivity index (χ1v) is 4.52. The van der Waals surface area contributed by atoms with Crippen LogP contribution in [-0.4, -0.2) is 25.8 Å². The second kappa shape index (κ2) is 4.27. The van der Waals surface area contributed by atoms with Gasteiger partial charge in [0.15, 0.2) is 0 Å². The second-order valence-electron chi connectivity index (χ2n) is 1.94. The van der Waals surface area contributed by atoms with E-state index < -0.39 is 10.2 Å². The summed E-state index contributed by atoms with van der Waals surface area (Å²) in [7, 11) is -3.60. The Balaban J connectivity index is 4.33. The molecule has 0 saturated carbocycles. The minimum atomic E-state index is -3.60. The minimum absolute atomic E-state index is 0.213. The predicted octanol–water partition coefficient (Wildman–Crippen LogP) is -0.136. The fourth-order valence-corrected chi connectivity index (χ4v) is 1.20. The third-order valence-electron chi connectivity index (χ3n) is 1.03. The predicted molar refractivity (Wildman–Crippen MR) is 45.1 cm³/mol. The maximum atomic E-state index is 10.7. The summed E-state index contributed by atoms with van der Waals surface area (Å²) in [5.74, 6) is 0. The maximum Gasteiger partial charge on any atom is 0.277 e. The summed E-state index contributed by atoms with van der Waals surface area (Å²) in [6.07, 6.45) is 2.93. The Labute approximate surface area is 67.2 Å². The molecule has 0 aromatic rings. The van der Waals surface area contributed by atoms with Crippen LogP contribution in [0, 0.1) is 0 Å². The van der Waals surface area contributed by atoms with Crippen molar-refractivity contribution >= 4 is 10.2 Å². The Hall–Kier alpha value is -0.650. The molecule has 4 nitrogen and oxygen atoms in total. The van der Waals surface area contributed by atoms with Gasteiger partial charge in [-0.05, 0) is 0 Å². The van der Waals surface area contributed by atoms with Crippen LogP contribution in [0.5, 0.6) is 0 Å². The molecule has 0 aliphatic heterocycles. The average molecular weight is 176 g/mol. The molecule has 0 rings (SSSR count). The molecule has 2 N–H and O–H groups in total. The van der Waals surface area contributed by atoms with Crippen LogP contribution in [-0.2, 0) is 10.2 Å². The van der Waals surface area contributed by atoms with E-state index in [0.717, 1.165) is 4.31 Å². The lowest BCUT2D eigenvalue weighted by atomic mass is 10.5. The maximum absolute atomic E-state index is 10.7. The Kier molecular flexibility index (Phi) is 4.02. The summed E-state index contributed by atoms with van der Waals surface area (Å²) in [6, 6.07) is 0. The van der Waals surface area contributed by atoms with Gasteiger partial charge in [-0.25, -0.2) is 5.14 Å². The first-order valence-electron chi connectivity index (χ1n) is 3.02. The van der Waals surface area contributed by atoms with Crippen LogP contribution in [0.25, 0.3) is 0 Å². The van der Waals surface area contributed by atoms with E-state index in [1.807, 2.05) is 0 Å². The first-order chi connectivity index (χ1) is 5.02. The van der Waals surface area contributed by atoms with E-state index in [9.17, 15) is 8.42 Å². The summed E-state index contributed by atoms with van der Waals surface area (Å²) >= 11 is 0. The second-order valence-corrected chi connectivity index (χ2v) is 3.49. The number of rotatable bonds is 5. The van der Waals surface area contributed by atoms with Gasteiger partial charge in [0.1, 0.15) is 0 Å². The largest absolute Gasteiger partial charge is 0.277 e. The summed E-state index contributed by atoms with van der Waals surface area (Å²) < 4.78 is 22.5. The molecular formula is C6H12N2O2S. The standard InChI is InChI=1S/C6H12N2O2S/c1-3-5-8(6-4-2)11(7,9)10/h3-4H,1-2,5-6H2,(H2,7,9,10). The van der Waals surface area contributed by atoms with Crippen LogP contribution in [0.1, 0.15) is 0 Å². The molecule has 0 aliphatic rings. The van der Waals surface area contributed by atoms with E-state index in [-0.39, 0.29) is 13.1 Å². The van der Waals surface area contributed by atoms with Crippen molar-refractivity contribution in [2.75, 3.05) is 13.1 Å². The Bertz CT molecular complexity index is 223. The zero-order valence-corrected chi connectivity index (χ0v) is 7.05. The van der Waals surface area contributed by atoms with E-state index in [4.69, 9.17) is 5.14 Å². The smallest absolute Gasteiger partial charge is 0.216 e. The summed E-state index contributed by atoms with van der Waals surface area (Å²) in [6.45, 7) is 7.23. The van der Waals surface area contributed by atoms with Crippen LogP contribution in [0.3, 0.4) is 0 Å². The quantitative estimate of drug-likeness (QED) is 0.593. The van der Waals surface area contributed by atoms with Crippen molar-refractivity contribution in [1.82, 2.24) is 4.31 Å². The highest BCUT2D eigenvalue weighted by molar-refractivity contribution is 7.86. The van der Waals surface area contributed by atoms with Gasteiger partial charge in [-0.15, -0.1) is 13.2 Å². The highest BCUT2D eigenvalue weighted by Crippen LogP contribution is 1.93. The molecule has 11 heavy (non-hydrogen) atoms. The Morgan fingerprint density at radius 3 is 1.82 bits per heavy atom. The van der Waals surface area contributed by atoms with Gasteiger partial charge < -0.3 is 0 Å². The number of hydrogen-bond acceptors (Lipinski definition) is 2. The fraction of sp³-hybridized carbons (Fsp3) is 0.333. The van der Waals surface area contributed by atoms with Gasteiger partial charge in [-0.2, -0.15) is 12.7 Å². The van der Waals surface area contributed by atoms with Crippen LogP contribution in [0.2, 0.25) is 0 Å². The van der Waals surface area contributed by atoms with Gasteiger partial charge in [0.25, 0.3) is 10.2 Å². The van der Waals surface area contributed by atoms with Crippen LogP contribution >= 0.6 is 0 Å². The normalized spacial score (nSPS) is 11.5. The van der Waals surface area contributed by atoms with Gasteiger partial charge in [0, 0.05) is 13.1 Å². The van der Waals surface area contributed by atoms with Gasteiger partial charge >= 0.3 is 0 Å². The molecule has 0 fully saturated rings. The van der Waals surface area contributed by atoms with Gasteiger partial charge in [-0.3, -0.25) is 0 Å².